The third-order valence-corrected chi connectivity index (χ3v) is 3.73. The molecule has 0 aromatic heterocycles. The summed E-state index contributed by atoms with van der Waals surface area (Å²) in [6.07, 6.45) is 2.24. The monoisotopic (exact) mass is 224 g/mol. The molecule has 0 aromatic rings. The van der Waals surface area contributed by atoms with E-state index in [9.17, 15) is 4.79 Å². The lowest BCUT2D eigenvalue weighted by Gasteiger charge is -2.46. The van der Waals surface area contributed by atoms with Crippen LogP contribution in [0, 0.1) is 5.92 Å². The van der Waals surface area contributed by atoms with Crippen molar-refractivity contribution in [2.24, 2.45) is 5.92 Å². The van der Waals surface area contributed by atoms with Crippen LogP contribution in [0.25, 0.3) is 0 Å². The standard InChI is InChI=1S/C13H24N2O/c1-10-9-14(12(16)11-5-6-11)7-8-15(10)13(2,3)4/h10-11H,5-9H2,1-4H3/t10-/m0/s1. The van der Waals surface area contributed by atoms with Gasteiger partial charge in [0.05, 0.1) is 0 Å². The minimum absolute atomic E-state index is 0.216. The summed E-state index contributed by atoms with van der Waals surface area (Å²) in [6.45, 7) is 11.8. The molecule has 1 saturated heterocycles. The van der Waals surface area contributed by atoms with Gasteiger partial charge in [0.1, 0.15) is 0 Å². The summed E-state index contributed by atoms with van der Waals surface area (Å²) < 4.78 is 0. The van der Waals surface area contributed by atoms with Crippen LogP contribution in [0.4, 0.5) is 0 Å². The molecule has 16 heavy (non-hydrogen) atoms. The van der Waals surface area contributed by atoms with Gasteiger partial charge in [-0.25, -0.2) is 0 Å². The van der Waals surface area contributed by atoms with Crippen molar-refractivity contribution in [3.8, 4) is 0 Å². The van der Waals surface area contributed by atoms with E-state index in [2.05, 4.69) is 37.5 Å². The fraction of sp³-hybridized carbons (Fsp3) is 0.923. The zero-order valence-electron chi connectivity index (χ0n) is 11.0. The van der Waals surface area contributed by atoms with Crippen molar-refractivity contribution in [3.63, 3.8) is 0 Å². The second-order valence-electron chi connectivity index (χ2n) is 6.27. The summed E-state index contributed by atoms with van der Waals surface area (Å²) in [5, 5.41) is 0. The third-order valence-electron chi connectivity index (χ3n) is 3.73. The number of hydrogen-bond donors (Lipinski definition) is 0. The Morgan fingerprint density at radius 2 is 1.81 bits per heavy atom. The first-order chi connectivity index (χ1) is 7.39. The van der Waals surface area contributed by atoms with Crippen LogP contribution in [0.15, 0.2) is 0 Å². The summed E-state index contributed by atoms with van der Waals surface area (Å²) in [7, 11) is 0. The van der Waals surface area contributed by atoms with E-state index in [1.807, 2.05) is 0 Å². The molecule has 0 bridgehead atoms. The molecule has 1 amide bonds. The summed E-state index contributed by atoms with van der Waals surface area (Å²) in [5.74, 6) is 0.772. The summed E-state index contributed by atoms with van der Waals surface area (Å²) >= 11 is 0. The van der Waals surface area contributed by atoms with Gasteiger partial charge in [-0.1, -0.05) is 0 Å². The fourth-order valence-corrected chi connectivity index (χ4v) is 2.74. The Bertz CT molecular complexity index is 278. The number of carbonyl (C=O) groups is 1. The van der Waals surface area contributed by atoms with Gasteiger partial charge in [-0.15, -0.1) is 0 Å². The van der Waals surface area contributed by atoms with E-state index < -0.39 is 0 Å². The highest BCUT2D eigenvalue weighted by Crippen LogP contribution is 2.32. The molecule has 0 aromatic carbocycles. The molecule has 1 heterocycles. The topological polar surface area (TPSA) is 23.6 Å². The lowest BCUT2D eigenvalue weighted by molar-refractivity contribution is -0.136. The lowest BCUT2D eigenvalue weighted by atomic mass is 10.0. The Labute approximate surface area is 98.8 Å². The van der Waals surface area contributed by atoms with Crippen LogP contribution in [-0.2, 0) is 4.79 Å². The average Bonchev–Trinajstić information content (AvgIpc) is 2.97. The normalized spacial score (nSPS) is 28.2. The fourth-order valence-electron chi connectivity index (χ4n) is 2.74. The Morgan fingerprint density at radius 1 is 1.19 bits per heavy atom. The van der Waals surface area contributed by atoms with E-state index in [0.717, 1.165) is 32.5 Å². The Kier molecular flexibility index (Phi) is 2.99. The van der Waals surface area contributed by atoms with Gasteiger partial charge in [0.25, 0.3) is 0 Å². The van der Waals surface area contributed by atoms with E-state index in [0.29, 0.717) is 17.9 Å². The molecule has 3 nitrogen and oxygen atoms in total. The molecule has 2 rings (SSSR count). The predicted molar refractivity (Wildman–Crippen MR) is 65.2 cm³/mol. The van der Waals surface area contributed by atoms with E-state index >= 15 is 0 Å². The van der Waals surface area contributed by atoms with E-state index in [1.165, 1.54) is 0 Å². The number of amides is 1. The van der Waals surface area contributed by atoms with Crippen LogP contribution in [0.3, 0.4) is 0 Å². The zero-order valence-corrected chi connectivity index (χ0v) is 11.0. The van der Waals surface area contributed by atoms with Crippen molar-refractivity contribution in [1.29, 1.82) is 0 Å². The van der Waals surface area contributed by atoms with Crippen molar-refractivity contribution in [2.45, 2.75) is 52.1 Å². The maximum Gasteiger partial charge on any atom is 0.225 e. The molecule has 0 spiro atoms. The third kappa shape index (κ3) is 2.40. The number of rotatable bonds is 1. The molecular formula is C13H24N2O. The van der Waals surface area contributed by atoms with Gasteiger partial charge < -0.3 is 4.90 Å². The molecule has 0 unspecified atom stereocenters. The molecule has 0 radical (unpaired) electrons. The molecule has 2 fully saturated rings. The highest BCUT2D eigenvalue weighted by atomic mass is 16.2. The molecular weight excluding hydrogens is 200 g/mol. The molecule has 0 N–H and O–H groups in total. The van der Waals surface area contributed by atoms with Crippen LogP contribution < -0.4 is 0 Å². The SMILES string of the molecule is C[C@H]1CN(C(=O)C2CC2)CCN1C(C)(C)C. The second kappa shape index (κ2) is 4.02. The zero-order chi connectivity index (χ0) is 11.9. The minimum Gasteiger partial charge on any atom is -0.340 e. The highest BCUT2D eigenvalue weighted by molar-refractivity contribution is 5.81. The van der Waals surface area contributed by atoms with Crippen molar-refractivity contribution in [1.82, 2.24) is 9.80 Å². The summed E-state index contributed by atoms with van der Waals surface area (Å²) in [4.78, 5) is 16.5. The number of piperazine rings is 1. The minimum atomic E-state index is 0.216. The molecule has 2 aliphatic rings. The van der Waals surface area contributed by atoms with Gasteiger partial charge in [0.2, 0.25) is 5.91 Å². The predicted octanol–water partition coefficient (Wildman–Crippen LogP) is 1.73. The van der Waals surface area contributed by atoms with Gasteiger partial charge >= 0.3 is 0 Å². The first-order valence-corrected chi connectivity index (χ1v) is 6.45. The highest BCUT2D eigenvalue weighted by Gasteiger charge is 2.38. The van der Waals surface area contributed by atoms with E-state index in [-0.39, 0.29) is 5.54 Å². The molecule has 1 atom stereocenters. The van der Waals surface area contributed by atoms with Gasteiger partial charge in [-0.3, -0.25) is 9.69 Å². The van der Waals surface area contributed by atoms with Crippen LogP contribution in [0.2, 0.25) is 0 Å². The molecule has 1 aliphatic carbocycles. The first kappa shape index (κ1) is 11.9. The number of hydrogen-bond acceptors (Lipinski definition) is 2. The van der Waals surface area contributed by atoms with Crippen LogP contribution in [0.1, 0.15) is 40.5 Å². The van der Waals surface area contributed by atoms with Crippen molar-refractivity contribution >= 4 is 5.91 Å². The van der Waals surface area contributed by atoms with Crippen LogP contribution >= 0.6 is 0 Å². The van der Waals surface area contributed by atoms with E-state index in [1.54, 1.807) is 0 Å². The summed E-state index contributed by atoms with van der Waals surface area (Å²) in [6, 6.07) is 0.483. The Morgan fingerprint density at radius 3 is 2.25 bits per heavy atom. The van der Waals surface area contributed by atoms with Gasteiger partial charge in [-0.05, 0) is 40.5 Å². The van der Waals surface area contributed by atoms with Crippen molar-refractivity contribution < 1.29 is 4.79 Å². The average molecular weight is 224 g/mol. The molecule has 92 valence electrons. The quantitative estimate of drug-likeness (QED) is 0.677. The van der Waals surface area contributed by atoms with Crippen molar-refractivity contribution in [2.75, 3.05) is 19.6 Å². The maximum absolute atomic E-state index is 12.0. The molecule has 3 heteroatoms. The van der Waals surface area contributed by atoms with Gasteiger partial charge in [-0.2, -0.15) is 0 Å². The van der Waals surface area contributed by atoms with Crippen LogP contribution in [0.5, 0.6) is 0 Å². The molecule has 1 aliphatic heterocycles. The smallest absolute Gasteiger partial charge is 0.225 e. The number of carbonyl (C=O) groups excluding carboxylic acids is 1. The Balaban J connectivity index is 1.94. The largest absolute Gasteiger partial charge is 0.340 e. The number of nitrogens with zero attached hydrogens (tertiary/aromatic N) is 2. The van der Waals surface area contributed by atoms with E-state index in [4.69, 9.17) is 0 Å². The van der Waals surface area contributed by atoms with Crippen LogP contribution in [-0.4, -0.2) is 46.9 Å². The van der Waals surface area contributed by atoms with Gasteiger partial charge in [0, 0.05) is 37.1 Å². The maximum atomic E-state index is 12.0. The lowest BCUT2D eigenvalue weighted by Crippen LogP contribution is -2.59. The summed E-state index contributed by atoms with van der Waals surface area (Å²) in [5.41, 5.74) is 0.216. The Hall–Kier alpha value is -0.570. The second-order valence-corrected chi connectivity index (χ2v) is 6.27. The first-order valence-electron chi connectivity index (χ1n) is 6.45. The molecule has 1 saturated carbocycles. The van der Waals surface area contributed by atoms with Crippen molar-refractivity contribution in [3.05, 3.63) is 0 Å². The van der Waals surface area contributed by atoms with Gasteiger partial charge in [0.15, 0.2) is 0 Å².